The van der Waals surface area contributed by atoms with E-state index in [4.69, 9.17) is 24.1 Å². The molecule has 2 aliphatic heterocycles. The van der Waals surface area contributed by atoms with Gasteiger partial charge in [-0.05, 0) is 41.0 Å². The van der Waals surface area contributed by atoms with Gasteiger partial charge in [0.2, 0.25) is 0 Å². The van der Waals surface area contributed by atoms with Crippen molar-refractivity contribution in [3.63, 3.8) is 0 Å². The summed E-state index contributed by atoms with van der Waals surface area (Å²) in [4.78, 5) is 25.0. The monoisotopic (exact) mass is 450 g/mol. The number of hydrogen-bond acceptors (Lipinski definition) is 7. The Morgan fingerprint density at radius 1 is 0.939 bits per heavy atom. The van der Waals surface area contributed by atoms with Crippen molar-refractivity contribution < 1.29 is 33.6 Å². The molecule has 0 radical (unpaired) electrons. The number of carbonyl (C=O) groups is 2. The van der Waals surface area contributed by atoms with E-state index in [0.29, 0.717) is 0 Å². The minimum absolute atomic E-state index is 0.0221. The molecule has 2 aliphatic rings. The quantitative estimate of drug-likeness (QED) is 0.488. The topological polar surface area (TPSA) is 91.3 Å². The Morgan fingerprint density at radius 3 is 2.24 bits per heavy atom. The summed E-state index contributed by atoms with van der Waals surface area (Å²) in [7, 11) is 1.59. The van der Waals surface area contributed by atoms with Crippen molar-refractivity contribution in [1.29, 1.82) is 0 Å². The molecule has 0 aromatic heterocycles. The zero-order chi connectivity index (χ0) is 23.2. The third kappa shape index (κ3) is 5.57. The normalized spacial score (nSPS) is 24.3. The lowest BCUT2D eigenvalue weighted by atomic mass is 9.96. The first-order valence-electron chi connectivity index (χ1n) is 10.7. The van der Waals surface area contributed by atoms with E-state index >= 15 is 0 Å². The van der Waals surface area contributed by atoms with E-state index in [1.165, 1.54) is 12.2 Å². The molecule has 7 heteroatoms. The second-order valence-electron chi connectivity index (χ2n) is 7.92. The van der Waals surface area contributed by atoms with Crippen LogP contribution in [0.2, 0.25) is 0 Å². The lowest BCUT2D eigenvalue weighted by Crippen LogP contribution is -2.34. The fraction of sp³-hybridized carbons (Fsp3) is 0.308. The molecular formula is C26H26O7. The predicted octanol–water partition coefficient (Wildman–Crippen LogP) is 2.81. The van der Waals surface area contributed by atoms with Gasteiger partial charge in [-0.15, -0.1) is 0 Å². The number of ether oxygens (including phenoxy) is 4. The van der Waals surface area contributed by atoms with Gasteiger partial charge < -0.3 is 24.1 Å². The van der Waals surface area contributed by atoms with Gasteiger partial charge in [-0.1, -0.05) is 42.5 Å². The summed E-state index contributed by atoms with van der Waals surface area (Å²) in [6, 6.07) is 14.6. The molecule has 7 nitrogen and oxygen atoms in total. The number of hydrogen-bond donors (Lipinski definition) is 1. The molecule has 1 N–H and O–H groups in total. The van der Waals surface area contributed by atoms with E-state index in [0.717, 1.165) is 22.4 Å². The first kappa shape index (κ1) is 22.9. The fourth-order valence-electron chi connectivity index (χ4n) is 3.91. The largest absolute Gasteiger partial charge is 0.497 e. The molecule has 0 aliphatic carbocycles. The number of aliphatic hydroxyl groups is 1. The lowest BCUT2D eigenvalue weighted by Gasteiger charge is -2.15. The number of aliphatic hydroxyl groups excluding tert-OH is 1. The first-order chi connectivity index (χ1) is 16.1. The van der Waals surface area contributed by atoms with Crippen LogP contribution in [0.15, 0.2) is 60.7 Å². The Hall–Kier alpha value is -3.26. The Bertz CT molecular complexity index is 1020. The van der Waals surface area contributed by atoms with Crippen LogP contribution < -0.4 is 4.74 Å². The van der Waals surface area contributed by atoms with Gasteiger partial charge in [-0.3, -0.25) is 4.79 Å². The van der Waals surface area contributed by atoms with E-state index in [1.54, 1.807) is 31.4 Å². The highest BCUT2D eigenvalue weighted by atomic mass is 16.6. The summed E-state index contributed by atoms with van der Waals surface area (Å²) in [5, 5.41) is 9.11. The number of carbonyl (C=O) groups excluding carboxylic acids is 2. The molecule has 33 heavy (non-hydrogen) atoms. The molecule has 2 heterocycles. The number of fused-ring (bicyclic) bond motifs is 1. The number of methoxy groups -OCH3 is 1. The minimum atomic E-state index is -0.559. The van der Waals surface area contributed by atoms with Crippen molar-refractivity contribution in [2.75, 3.05) is 20.3 Å². The molecule has 0 amide bonds. The summed E-state index contributed by atoms with van der Waals surface area (Å²) >= 11 is 0. The molecular weight excluding hydrogens is 424 g/mol. The number of ketones is 1. The first-order valence-corrected chi connectivity index (χ1v) is 10.7. The van der Waals surface area contributed by atoms with Crippen LogP contribution in [0.3, 0.4) is 0 Å². The van der Waals surface area contributed by atoms with E-state index in [2.05, 4.69) is 0 Å². The second kappa shape index (κ2) is 10.6. The van der Waals surface area contributed by atoms with Crippen LogP contribution >= 0.6 is 0 Å². The molecule has 2 fully saturated rings. The van der Waals surface area contributed by atoms with E-state index in [9.17, 15) is 9.59 Å². The van der Waals surface area contributed by atoms with Gasteiger partial charge in [0.05, 0.1) is 39.0 Å². The third-order valence-electron chi connectivity index (χ3n) is 5.77. The van der Waals surface area contributed by atoms with E-state index < -0.39 is 30.2 Å². The van der Waals surface area contributed by atoms with Gasteiger partial charge >= 0.3 is 5.97 Å². The van der Waals surface area contributed by atoms with Gasteiger partial charge in [-0.2, -0.15) is 0 Å². The minimum Gasteiger partial charge on any atom is -0.497 e. The van der Waals surface area contributed by atoms with Crippen molar-refractivity contribution in [1.82, 2.24) is 0 Å². The number of esters is 1. The van der Waals surface area contributed by atoms with E-state index in [-0.39, 0.29) is 25.6 Å². The van der Waals surface area contributed by atoms with Crippen LogP contribution in [0.5, 0.6) is 5.75 Å². The highest BCUT2D eigenvalue weighted by molar-refractivity contribution is 5.96. The molecule has 4 rings (SSSR count). The SMILES string of the molecule is COc1ccc(/C=C/C(=O)O[C@@H]2CO[C@H]3[C@@H]2OC[C@@H]3C(=O)/C=C/c2ccc(CO)cc2)cc1. The average Bonchev–Trinajstić information content (AvgIpc) is 3.45. The Kier molecular flexibility index (Phi) is 7.34. The summed E-state index contributed by atoms with van der Waals surface area (Å²) in [5.41, 5.74) is 2.51. The Morgan fingerprint density at radius 2 is 1.58 bits per heavy atom. The van der Waals surface area contributed by atoms with Crippen molar-refractivity contribution >= 4 is 23.9 Å². The molecule has 2 aromatic carbocycles. The van der Waals surface area contributed by atoms with Gasteiger partial charge in [0.25, 0.3) is 0 Å². The molecule has 0 spiro atoms. The van der Waals surface area contributed by atoms with Crippen molar-refractivity contribution in [2.24, 2.45) is 5.92 Å². The van der Waals surface area contributed by atoms with Crippen LogP contribution in [0.25, 0.3) is 12.2 Å². The zero-order valence-corrected chi connectivity index (χ0v) is 18.3. The fourth-order valence-corrected chi connectivity index (χ4v) is 3.91. The average molecular weight is 450 g/mol. The van der Waals surface area contributed by atoms with Crippen molar-refractivity contribution in [2.45, 2.75) is 24.9 Å². The van der Waals surface area contributed by atoms with Gasteiger partial charge in [-0.25, -0.2) is 4.79 Å². The van der Waals surface area contributed by atoms with Crippen LogP contribution in [-0.2, 0) is 30.4 Å². The standard InChI is InChI=1S/C26H26O7/c1-30-20-10-6-18(7-11-20)9-13-24(29)33-23-16-32-25-21(15-31-26(23)25)22(28)12-8-17-2-4-19(14-27)5-3-17/h2-13,21,23,25-27H,14-16H2,1H3/b12-8+,13-9+/t21-,23-,25-,26-/m1/s1. The smallest absolute Gasteiger partial charge is 0.331 e. The zero-order valence-electron chi connectivity index (χ0n) is 18.3. The van der Waals surface area contributed by atoms with Gasteiger partial charge in [0.15, 0.2) is 11.9 Å². The molecule has 2 aromatic rings. The summed E-state index contributed by atoms with van der Waals surface area (Å²) in [6.45, 7) is 0.386. The predicted molar refractivity (Wildman–Crippen MR) is 121 cm³/mol. The van der Waals surface area contributed by atoms with Crippen LogP contribution in [0, 0.1) is 5.92 Å². The summed E-state index contributed by atoms with van der Waals surface area (Å²) in [6.07, 6.45) is 4.80. The third-order valence-corrected chi connectivity index (χ3v) is 5.77. The Balaban J connectivity index is 1.30. The Labute approximate surface area is 192 Å². The molecule has 0 unspecified atom stereocenters. The maximum absolute atomic E-state index is 12.7. The highest BCUT2D eigenvalue weighted by Crippen LogP contribution is 2.33. The second-order valence-corrected chi connectivity index (χ2v) is 7.92. The van der Waals surface area contributed by atoms with Crippen molar-refractivity contribution in [3.05, 3.63) is 77.4 Å². The highest BCUT2D eigenvalue weighted by Gasteiger charge is 2.51. The van der Waals surface area contributed by atoms with Crippen LogP contribution in [0.4, 0.5) is 0 Å². The molecule has 0 saturated carbocycles. The van der Waals surface area contributed by atoms with Crippen molar-refractivity contribution in [3.8, 4) is 5.75 Å². The molecule has 172 valence electrons. The van der Waals surface area contributed by atoms with E-state index in [1.807, 2.05) is 36.4 Å². The maximum atomic E-state index is 12.7. The number of allylic oxidation sites excluding steroid dienone is 1. The van der Waals surface area contributed by atoms with Crippen LogP contribution in [0.1, 0.15) is 16.7 Å². The van der Waals surface area contributed by atoms with Gasteiger partial charge in [0.1, 0.15) is 11.9 Å². The van der Waals surface area contributed by atoms with Gasteiger partial charge in [0, 0.05) is 6.08 Å². The lowest BCUT2D eigenvalue weighted by molar-refractivity contribution is -0.147. The maximum Gasteiger partial charge on any atom is 0.331 e. The summed E-state index contributed by atoms with van der Waals surface area (Å²) < 4.78 is 22.2. The summed E-state index contributed by atoms with van der Waals surface area (Å²) in [5.74, 6) is -0.299. The molecule has 0 bridgehead atoms. The molecule has 2 saturated heterocycles. The number of benzene rings is 2. The van der Waals surface area contributed by atoms with Crippen LogP contribution in [-0.4, -0.2) is 55.5 Å². The molecule has 4 atom stereocenters. The number of rotatable bonds is 8.